The summed E-state index contributed by atoms with van der Waals surface area (Å²) in [4.78, 5) is 3.56. The first kappa shape index (κ1) is 10.0. The van der Waals surface area contributed by atoms with Crippen LogP contribution in [0, 0.1) is 6.92 Å². The topological polar surface area (TPSA) is 17.8 Å². The fourth-order valence-electron chi connectivity index (χ4n) is 1.55. The van der Waals surface area contributed by atoms with Gasteiger partial charge in [0.15, 0.2) is 0 Å². The highest BCUT2D eigenvalue weighted by Crippen LogP contribution is 2.30. The highest BCUT2D eigenvalue weighted by Gasteiger charge is 2.36. The number of rotatable bonds is 0. The molecule has 0 saturated carbocycles. The maximum absolute atomic E-state index is 12.5. The normalized spacial score (nSPS) is 12.3. The lowest BCUT2D eigenvalue weighted by Crippen LogP contribution is -2.12. The van der Waals surface area contributed by atoms with Gasteiger partial charge in [0, 0.05) is 7.05 Å². The lowest BCUT2D eigenvalue weighted by atomic mass is 10.2. The number of alkyl halides is 3. The Bertz CT molecular complexity index is 511. The Hall–Kier alpha value is -1.52. The van der Waals surface area contributed by atoms with Gasteiger partial charge in [0.05, 0.1) is 11.0 Å². The summed E-state index contributed by atoms with van der Waals surface area (Å²) in [5.41, 5.74) is 1.79. The van der Waals surface area contributed by atoms with Gasteiger partial charge in [-0.3, -0.25) is 0 Å². The van der Waals surface area contributed by atoms with Crippen LogP contribution in [0.25, 0.3) is 11.0 Å². The number of fused-ring (bicyclic) bond motifs is 1. The van der Waals surface area contributed by atoms with Gasteiger partial charge < -0.3 is 4.57 Å². The highest BCUT2D eigenvalue weighted by molar-refractivity contribution is 5.76. The molecule has 0 fully saturated rings. The fourth-order valence-corrected chi connectivity index (χ4v) is 1.55. The van der Waals surface area contributed by atoms with E-state index in [1.54, 1.807) is 18.2 Å². The van der Waals surface area contributed by atoms with Gasteiger partial charge in [-0.1, -0.05) is 6.07 Å². The first-order valence-corrected chi connectivity index (χ1v) is 4.40. The Labute approximate surface area is 84.3 Å². The third kappa shape index (κ3) is 1.58. The van der Waals surface area contributed by atoms with E-state index in [9.17, 15) is 13.2 Å². The molecule has 0 unspecified atom stereocenters. The highest BCUT2D eigenvalue weighted by atomic mass is 19.4. The van der Waals surface area contributed by atoms with Crippen LogP contribution in [-0.4, -0.2) is 9.55 Å². The average Bonchev–Trinajstić information content (AvgIpc) is 2.43. The van der Waals surface area contributed by atoms with Crippen molar-refractivity contribution in [3.8, 4) is 0 Å². The van der Waals surface area contributed by atoms with Crippen LogP contribution < -0.4 is 0 Å². The second-order valence-corrected chi connectivity index (χ2v) is 3.48. The Balaban J connectivity index is 2.76. The maximum Gasteiger partial charge on any atom is 0.449 e. The molecule has 0 N–H and O–H groups in total. The van der Waals surface area contributed by atoms with Crippen molar-refractivity contribution in [3.05, 3.63) is 29.6 Å². The molecular formula is C10H9F3N2. The summed E-state index contributed by atoms with van der Waals surface area (Å²) in [6, 6.07) is 5.03. The zero-order chi connectivity index (χ0) is 11.2. The van der Waals surface area contributed by atoms with E-state index in [0.717, 1.165) is 10.1 Å². The van der Waals surface area contributed by atoms with Crippen LogP contribution in [0.1, 0.15) is 11.4 Å². The quantitative estimate of drug-likeness (QED) is 0.659. The number of halogens is 3. The first-order valence-electron chi connectivity index (χ1n) is 4.40. The van der Waals surface area contributed by atoms with Gasteiger partial charge in [0.25, 0.3) is 0 Å². The smallest absolute Gasteiger partial charge is 0.323 e. The fraction of sp³-hybridized carbons (Fsp3) is 0.300. The SMILES string of the molecule is Cc1ccc2nc(C(F)(F)F)n(C)c2c1. The molecule has 0 saturated heterocycles. The van der Waals surface area contributed by atoms with Gasteiger partial charge in [0.1, 0.15) is 0 Å². The van der Waals surface area contributed by atoms with E-state index >= 15 is 0 Å². The van der Waals surface area contributed by atoms with E-state index in [2.05, 4.69) is 4.98 Å². The van der Waals surface area contributed by atoms with Gasteiger partial charge in [0.2, 0.25) is 5.82 Å². The minimum atomic E-state index is -4.40. The largest absolute Gasteiger partial charge is 0.449 e. The Morgan fingerprint density at radius 1 is 1.27 bits per heavy atom. The number of aromatic nitrogens is 2. The Morgan fingerprint density at radius 3 is 2.53 bits per heavy atom. The maximum atomic E-state index is 12.5. The lowest BCUT2D eigenvalue weighted by Gasteiger charge is -2.05. The number of benzene rings is 1. The molecule has 0 atom stereocenters. The van der Waals surface area contributed by atoms with Crippen molar-refractivity contribution in [2.24, 2.45) is 7.05 Å². The summed E-state index contributed by atoms with van der Waals surface area (Å²) in [5, 5.41) is 0. The molecule has 0 aliphatic carbocycles. The molecule has 0 aliphatic rings. The lowest BCUT2D eigenvalue weighted by molar-refractivity contribution is -0.146. The van der Waals surface area contributed by atoms with E-state index in [-0.39, 0.29) is 0 Å². The average molecular weight is 214 g/mol. The first-order chi connectivity index (χ1) is 6.89. The van der Waals surface area contributed by atoms with Crippen LogP contribution >= 0.6 is 0 Å². The van der Waals surface area contributed by atoms with Crippen LogP contribution in [0.15, 0.2) is 18.2 Å². The van der Waals surface area contributed by atoms with Gasteiger partial charge >= 0.3 is 6.18 Å². The molecule has 5 heteroatoms. The zero-order valence-corrected chi connectivity index (χ0v) is 8.26. The predicted octanol–water partition coefficient (Wildman–Crippen LogP) is 2.90. The van der Waals surface area contributed by atoms with Gasteiger partial charge in [-0.2, -0.15) is 13.2 Å². The molecule has 0 bridgehead atoms. The van der Waals surface area contributed by atoms with Crippen molar-refractivity contribution in [2.75, 3.05) is 0 Å². The Morgan fingerprint density at radius 2 is 1.93 bits per heavy atom. The zero-order valence-electron chi connectivity index (χ0n) is 8.26. The van der Waals surface area contributed by atoms with E-state index in [0.29, 0.717) is 11.0 Å². The third-order valence-corrected chi connectivity index (χ3v) is 2.29. The number of hydrogen-bond donors (Lipinski definition) is 0. The second-order valence-electron chi connectivity index (χ2n) is 3.48. The van der Waals surface area contributed by atoms with Crippen molar-refractivity contribution < 1.29 is 13.2 Å². The minimum Gasteiger partial charge on any atom is -0.323 e. The molecular weight excluding hydrogens is 205 g/mol. The summed E-state index contributed by atoms with van der Waals surface area (Å²) < 4.78 is 38.6. The number of hydrogen-bond acceptors (Lipinski definition) is 1. The predicted molar refractivity (Wildman–Crippen MR) is 50.5 cm³/mol. The summed E-state index contributed by atoms with van der Waals surface area (Å²) in [5.74, 6) is -0.858. The van der Waals surface area contributed by atoms with Crippen molar-refractivity contribution in [1.29, 1.82) is 0 Å². The molecule has 2 nitrogen and oxygen atoms in total. The molecule has 0 amide bonds. The van der Waals surface area contributed by atoms with Crippen LogP contribution in [-0.2, 0) is 13.2 Å². The summed E-state index contributed by atoms with van der Waals surface area (Å²) in [6.07, 6.45) is -4.40. The monoisotopic (exact) mass is 214 g/mol. The molecule has 0 spiro atoms. The summed E-state index contributed by atoms with van der Waals surface area (Å²) in [7, 11) is 1.37. The molecule has 1 heterocycles. The van der Waals surface area contributed by atoms with Crippen LogP contribution in [0.3, 0.4) is 0 Å². The number of imidazole rings is 1. The molecule has 80 valence electrons. The van der Waals surface area contributed by atoms with Crippen LogP contribution in [0.4, 0.5) is 13.2 Å². The molecule has 1 aromatic carbocycles. The van der Waals surface area contributed by atoms with E-state index in [1.165, 1.54) is 7.05 Å². The molecule has 1 aromatic heterocycles. The van der Waals surface area contributed by atoms with Crippen molar-refractivity contribution >= 4 is 11.0 Å². The van der Waals surface area contributed by atoms with Crippen LogP contribution in [0.5, 0.6) is 0 Å². The van der Waals surface area contributed by atoms with E-state index in [1.807, 2.05) is 6.92 Å². The van der Waals surface area contributed by atoms with Crippen molar-refractivity contribution in [2.45, 2.75) is 13.1 Å². The van der Waals surface area contributed by atoms with E-state index in [4.69, 9.17) is 0 Å². The third-order valence-electron chi connectivity index (χ3n) is 2.29. The van der Waals surface area contributed by atoms with Crippen LogP contribution in [0.2, 0.25) is 0 Å². The molecule has 0 aliphatic heterocycles. The second kappa shape index (κ2) is 2.98. The molecule has 15 heavy (non-hydrogen) atoms. The van der Waals surface area contributed by atoms with Gasteiger partial charge in [-0.25, -0.2) is 4.98 Å². The molecule has 2 rings (SSSR count). The van der Waals surface area contributed by atoms with Gasteiger partial charge in [-0.15, -0.1) is 0 Å². The number of nitrogens with zero attached hydrogens (tertiary/aromatic N) is 2. The standard InChI is InChI=1S/C10H9F3N2/c1-6-3-4-7-8(5-6)15(2)9(14-7)10(11,12)13/h3-5H,1-2H3. The van der Waals surface area contributed by atoms with Gasteiger partial charge in [-0.05, 0) is 24.6 Å². The minimum absolute atomic E-state index is 0.371. The summed E-state index contributed by atoms with van der Waals surface area (Å²) in [6.45, 7) is 1.83. The summed E-state index contributed by atoms with van der Waals surface area (Å²) >= 11 is 0. The molecule has 2 aromatic rings. The van der Waals surface area contributed by atoms with Crippen molar-refractivity contribution in [3.63, 3.8) is 0 Å². The Kier molecular flexibility index (Phi) is 1.99. The number of aryl methyl sites for hydroxylation is 2. The van der Waals surface area contributed by atoms with Crippen molar-refractivity contribution in [1.82, 2.24) is 9.55 Å². The van der Waals surface area contributed by atoms with E-state index < -0.39 is 12.0 Å². The molecule has 0 radical (unpaired) electrons.